The normalized spacial score (nSPS) is 18.4. The lowest BCUT2D eigenvalue weighted by molar-refractivity contribution is -0.142. The molecule has 20 heavy (non-hydrogen) atoms. The van der Waals surface area contributed by atoms with Crippen LogP contribution < -0.4 is 9.47 Å². The lowest BCUT2D eigenvalue weighted by Crippen LogP contribution is -2.38. The van der Waals surface area contributed by atoms with Crippen LogP contribution in [0.5, 0.6) is 11.5 Å². The summed E-state index contributed by atoms with van der Waals surface area (Å²) in [6, 6.07) is 7.09. The molecule has 0 unspecified atom stereocenters. The number of carboxylic acid groups (broad SMARTS) is 1. The summed E-state index contributed by atoms with van der Waals surface area (Å²) in [6.45, 7) is 1.91. The molecule has 2 rings (SSSR count). The van der Waals surface area contributed by atoms with E-state index in [0.717, 1.165) is 19.4 Å². The van der Waals surface area contributed by atoms with Gasteiger partial charge < -0.3 is 14.6 Å². The molecule has 112 valence electrons. The van der Waals surface area contributed by atoms with Gasteiger partial charge in [0.2, 0.25) is 0 Å². The van der Waals surface area contributed by atoms with Crippen molar-refractivity contribution in [2.45, 2.75) is 18.9 Å². The van der Waals surface area contributed by atoms with Gasteiger partial charge in [0.15, 0.2) is 11.5 Å². The van der Waals surface area contributed by atoms with Gasteiger partial charge in [-0.05, 0) is 31.5 Å². The molecule has 1 aromatic carbocycles. The molecular weight excluding hydrogens is 282 g/mol. The van der Waals surface area contributed by atoms with Gasteiger partial charge in [0.25, 0.3) is 0 Å². The summed E-state index contributed by atoms with van der Waals surface area (Å²) in [5.41, 5.74) is 0. The van der Waals surface area contributed by atoms with Gasteiger partial charge in [0.05, 0.1) is 7.11 Å². The van der Waals surface area contributed by atoms with Gasteiger partial charge >= 0.3 is 5.97 Å². The Bertz CT molecular complexity index is 441. The van der Waals surface area contributed by atoms with E-state index in [9.17, 15) is 4.79 Å². The minimum Gasteiger partial charge on any atom is -0.493 e. The van der Waals surface area contributed by atoms with Crippen LogP contribution in [0.3, 0.4) is 0 Å². The molecule has 0 amide bonds. The van der Waals surface area contributed by atoms with Crippen LogP contribution in [0.2, 0.25) is 0 Å². The van der Waals surface area contributed by atoms with Gasteiger partial charge in [0, 0.05) is 6.54 Å². The molecular formula is C14H20ClNO4. The van der Waals surface area contributed by atoms with Crippen LogP contribution in [0.1, 0.15) is 12.8 Å². The zero-order valence-electron chi connectivity index (χ0n) is 11.4. The first-order valence-electron chi connectivity index (χ1n) is 6.45. The highest BCUT2D eigenvalue weighted by Crippen LogP contribution is 2.26. The van der Waals surface area contributed by atoms with Crippen molar-refractivity contribution >= 4 is 18.4 Å². The average Bonchev–Trinajstić information content (AvgIpc) is 2.88. The Labute approximate surface area is 124 Å². The molecule has 1 heterocycles. The maximum atomic E-state index is 11.0. The molecule has 1 aromatic rings. The molecule has 0 aliphatic carbocycles. The number of ether oxygens (including phenoxy) is 2. The van der Waals surface area contributed by atoms with Gasteiger partial charge in [-0.25, -0.2) is 0 Å². The van der Waals surface area contributed by atoms with E-state index >= 15 is 0 Å². The second-order valence-electron chi connectivity index (χ2n) is 4.53. The van der Waals surface area contributed by atoms with Crippen molar-refractivity contribution in [2.24, 2.45) is 0 Å². The number of halogens is 1. The molecule has 0 spiro atoms. The van der Waals surface area contributed by atoms with Crippen LogP contribution >= 0.6 is 12.4 Å². The van der Waals surface area contributed by atoms with Crippen LogP contribution in [-0.2, 0) is 4.79 Å². The van der Waals surface area contributed by atoms with Crippen LogP contribution in [-0.4, -0.2) is 48.8 Å². The highest BCUT2D eigenvalue weighted by Gasteiger charge is 2.29. The fraction of sp³-hybridized carbons (Fsp3) is 0.500. The van der Waals surface area contributed by atoms with Crippen molar-refractivity contribution in [3.8, 4) is 11.5 Å². The third kappa shape index (κ3) is 4.02. The minimum absolute atomic E-state index is 0. The third-order valence-electron chi connectivity index (χ3n) is 3.35. The SMILES string of the molecule is COc1ccccc1OCCN1CCC[C@@H]1C(=O)O.Cl. The summed E-state index contributed by atoms with van der Waals surface area (Å²) in [4.78, 5) is 13.0. The predicted molar refractivity (Wildman–Crippen MR) is 78.0 cm³/mol. The van der Waals surface area contributed by atoms with Crippen molar-refractivity contribution in [3.63, 3.8) is 0 Å². The Morgan fingerprint density at radius 1 is 1.40 bits per heavy atom. The molecule has 1 saturated heterocycles. The van der Waals surface area contributed by atoms with E-state index in [1.807, 2.05) is 29.2 Å². The monoisotopic (exact) mass is 301 g/mol. The van der Waals surface area contributed by atoms with Crippen molar-refractivity contribution in [3.05, 3.63) is 24.3 Å². The zero-order valence-corrected chi connectivity index (χ0v) is 12.3. The molecule has 0 saturated carbocycles. The van der Waals surface area contributed by atoms with E-state index < -0.39 is 5.97 Å². The summed E-state index contributed by atoms with van der Waals surface area (Å²) in [7, 11) is 1.60. The molecule has 0 aromatic heterocycles. The number of hydrogen-bond donors (Lipinski definition) is 1. The van der Waals surface area contributed by atoms with Gasteiger partial charge in [0.1, 0.15) is 12.6 Å². The lowest BCUT2D eigenvalue weighted by Gasteiger charge is -2.21. The van der Waals surface area contributed by atoms with E-state index in [1.165, 1.54) is 0 Å². The second-order valence-corrected chi connectivity index (χ2v) is 4.53. The number of methoxy groups -OCH3 is 1. The van der Waals surface area contributed by atoms with Gasteiger partial charge in [-0.3, -0.25) is 9.69 Å². The van der Waals surface area contributed by atoms with E-state index in [0.29, 0.717) is 24.7 Å². The summed E-state index contributed by atoms with van der Waals surface area (Å²) >= 11 is 0. The van der Waals surface area contributed by atoms with Crippen molar-refractivity contribution < 1.29 is 19.4 Å². The van der Waals surface area contributed by atoms with E-state index in [2.05, 4.69) is 0 Å². The number of aliphatic carboxylic acids is 1. The first-order chi connectivity index (χ1) is 9.22. The van der Waals surface area contributed by atoms with E-state index in [-0.39, 0.29) is 18.4 Å². The smallest absolute Gasteiger partial charge is 0.320 e. The first-order valence-corrected chi connectivity index (χ1v) is 6.45. The molecule has 0 bridgehead atoms. The largest absolute Gasteiger partial charge is 0.493 e. The fourth-order valence-electron chi connectivity index (χ4n) is 2.38. The van der Waals surface area contributed by atoms with Gasteiger partial charge in [-0.15, -0.1) is 12.4 Å². The maximum Gasteiger partial charge on any atom is 0.320 e. The van der Waals surface area contributed by atoms with Crippen LogP contribution in [0.15, 0.2) is 24.3 Å². The third-order valence-corrected chi connectivity index (χ3v) is 3.35. The average molecular weight is 302 g/mol. The van der Waals surface area contributed by atoms with Gasteiger partial charge in [-0.1, -0.05) is 12.1 Å². The van der Waals surface area contributed by atoms with Crippen molar-refractivity contribution in [1.29, 1.82) is 0 Å². The Kier molecular flexibility index (Phi) is 6.61. The quantitative estimate of drug-likeness (QED) is 0.871. The van der Waals surface area contributed by atoms with Crippen molar-refractivity contribution in [1.82, 2.24) is 4.90 Å². The minimum atomic E-state index is -0.741. The topological polar surface area (TPSA) is 59.0 Å². The molecule has 6 heteroatoms. The highest BCUT2D eigenvalue weighted by molar-refractivity contribution is 5.85. The Morgan fingerprint density at radius 2 is 2.10 bits per heavy atom. The number of benzene rings is 1. The number of rotatable bonds is 6. The van der Waals surface area contributed by atoms with E-state index in [1.54, 1.807) is 7.11 Å². The number of carboxylic acids is 1. The molecule has 1 fully saturated rings. The van der Waals surface area contributed by atoms with Crippen LogP contribution in [0.4, 0.5) is 0 Å². The summed E-state index contributed by atoms with van der Waals surface area (Å²) < 4.78 is 10.9. The highest BCUT2D eigenvalue weighted by atomic mass is 35.5. The molecule has 0 radical (unpaired) electrons. The van der Waals surface area contributed by atoms with Crippen molar-refractivity contribution in [2.75, 3.05) is 26.8 Å². The Morgan fingerprint density at radius 3 is 2.75 bits per heavy atom. The summed E-state index contributed by atoms with van der Waals surface area (Å²) in [6.07, 6.45) is 1.66. The molecule has 1 aliphatic rings. The fourth-order valence-corrected chi connectivity index (χ4v) is 2.38. The van der Waals surface area contributed by atoms with E-state index in [4.69, 9.17) is 14.6 Å². The zero-order chi connectivity index (χ0) is 13.7. The van der Waals surface area contributed by atoms with Crippen LogP contribution in [0.25, 0.3) is 0 Å². The van der Waals surface area contributed by atoms with Gasteiger partial charge in [-0.2, -0.15) is 0 Å². The summed E-state index contributed by atoms with van der Waals surface area (Å²) in [5, 5.41) is 9.08. The molecule has 1 N–H and O–H groups in total. The first kappa shape index (κ1) is 16.6. The number of likely N-dealkylation sites (tertiary alicyclic amines) is 1. The molecule has 5 nitrogen and oxygen atoms in total. The lowest BCUT2D eigenvalue weighted by atomic mass is 10.2. The Balaban J connectivity index is 0.00000200. The Hall–Kier alpha value is -1.46. The maximum absolute atomic E-state index is 11.0. The predicted octanol–water partition coefficient (Wildman–Crippen LogP) is 2.04. The van der Waals surface area contributed by atoms with Crippen LogP contribution in [0, 0.1) is 0 Å². The molecule has 1 aliphatic heterocycles. The summed E-state index contributed by atoms with van der Waals surface area (Å²) in [5.74, 6) is 0.643. The second kappa shape index (κ2) is 7.97. The number of nitrogens with zero attached hydrogens (tertiary/aromatic N) is 1. The molecule has 1 atom stereocenters. The standard InChI is InChI=1S/C14H19NO4.ClH/c1-18-12-6-2-3-7-13(12)19-10-9-15-8-4-5-11(15)14(16)17;/h2-3,6-7,11H,4-5,8-10H2,1H3,(H,16,17);1H/t11-;/m1./s1. The number of hydrogen-bond acceptors (Lipinski definition) is 4. The number of para-hydroxylation sites is 2. The number of carbonyl (C=O) groups is 1.